The van der Waals surface area contributed by atoms with Crippen LogP contribution in [0.1, 0.15) is 27.1 Å². The van der Waals surface area contributed by atoms with Crippen molar-refractivity contribution < 1.29 is 4.42 Å². The van der Waals surface area contributed by atoms with Gasteiger partial charge in [0.1, 0.15) is 5.76 Å². The van der Waals surface area contributed by atoms with Crippen molar-refractivity contribution in [1.82, 2.24) is 0 Å². The number of rotatable bonds is 2. The molecule has 0 aromatic carbocycles. The van der Waals surface area contributed by atoms with E-state index in [0.29, 0.717) is 0 Å². The van der Waals surface area contributed by atoms with Gasteiger partial charge in [-0.15, -0.1) is 11.3 Å². The highest BCUT2D eigenvalue weighted by Gasteiger charge is 2.15. The molecule has 2 aromatic rings. The van der Waals surface area contributed by atoms with E-state index in [2.05, 4.69) is 35.8 Å². The zero-order chi connectivity index (χ0) is 11.0. The van der Waals surface area contributed by atoms with Gasteiger partial charge in [0.05, 0.1) is 6.04 Å². The molecule has 0 aliphatic heterocycles. The Balaban J connectivity index is 2.31. The molecule has 0 aliphatic rings. The molecule has 2 heterocycles. The fraction of sp³-hybridized carbons (Fsp3) is 0.273. The van der Waals surface area contributed by atoms with E-state index in [-0.39, 0.29) is 6.04 Å². The van der Waals surface area contributed by atoms with Crippen LogP contribution in [0.5, 0.6) is 0 Å². The van der Waals surface area contributed by atoms with E-state index >= 15 is 0 Å². The van der Waals surface area contributed by atoms with Gasteiger partial charge < -0.3 is 10.2 Å². The van der Waals surface area contributed by atoms with Crippen molar-refractivity contribution in [1.29, 1.82) is 0 Å². The first-order chi connectivity index (χ1) is 7.08. The van der Waals surface area contributed by atoms with E-state index in [1.807, 2.05) is 12.1 Å². The van der Waals surface area contributed by atoms with Crippen LogP contribution >= 0.6 is 27.3 Å². The van der Waals surface area contributed by atoms with Crippen molar-refractivity contribution in [2.45, 2.75) is 19.9 Å². The maximum Gasteiger partial charge on any atom is 0.169 e. The lowest BCUT2D eigenvalue weighted by Gasteiger charge is -2.04. The SMILES string of the molecule is Cc1cc(C(N)c2ccc(Br)o2)sc1C. The fourth-order valence-corrected chi connectivity index (χ4v) is 2.76. The van der Waals surface area contributed by atoms with Crippen LogP contribution in [0.4, 0.5) is 0 Å². The number of hydrogen-bond donors (Lipinski definition) is 1. The Bertz CT molecular complexity index is 455. The molecule has 0 bridgehead atoms. The van der Waals surface area contributed by atoms with E-state index < -0.39 is 0 Å². The number of thiophene rings is 1. The molecule has 1 unspecified atom stereocenters. The van der Waals surface area contributed by atoms with E-state index in [1.54, 1.807) is 11.3 Å². The van der Waals surface area contributed by atoms with Crippen LogP contribution in [0.2, 0.25) is 0 Å². The highest BCUT2D eigenvalue weighted by Crippen LogP contribution is 2.30. The van der Waals surface area contributed by atoms with Crippen molar-refractivity contribution in [2.24, 2.45) is 5.73 Å². The first-order valence-electron chi connectivity index (χ1n) is 4.65. The minimum Gasteiger partial charge on any atom is -0.452 e. The van der Waals surface area contributed by atoms with Gasteiger partial charge in [-0.2, -0.15) is 0 Å². The van der Waals surface area contributed by atoms with Gasteiger partial charge in [0.15, 0.2) is 4.67 Å². The van der Waals surface area contributed by atoms with E-state index in [0.717, 1.165) is 15.3 Å². The second-order valence-corrected chi connectivity index (χ2v) is 5.58. The Hall–Kier alpha value is -0.580. The predicted molar refractivity (Wildman–Crippen MR) is 66.2 cm³/mol. The van der Waals surface area contributed by atoms with Crippen molar-refractivity contribution in [2.75, 3.05) is 0 Å². The summed E-state index contributed by atoms with van der Waals surface area (Å²) in [4.78, 5) is 2.46. The third kappa shape index (κ3) is 2.17. The highest BCUT2D eigenvalue weighted by molar-refractivity contribution is 9.10. The largest absolute Gasteiger partial charge is 0.452 e. The molecule has 0 spiro atoms. The molecule has 1 atom stereocenters. The van der Waals surface area contributed by atoms with Crippen LogP contribution in [-0.4, -0.2) is 0 Å². The molecule has 0 radical (unpaired) electrons. The Kier molecular flexibility index (Phi) is 3.00. The van der Waals surface area contributed by atoms with Crippen molar-refractivity contribution >= 4 is 27.3 Å². The number of nitrogens with two attached hydrogens (primary N) is 1. The summed E-state index contributed by atoms with van der Waals surface area (Å²) < 4.78 is 6.17. The quantitative estimate of drug-likeness (QED) is 0.912. The molecular formula is C11H12BrNOS. The van der Waals surface area contributed by atoms with Crippen LogP contribution in [-0.2, 0) is 0 Å². The maximum atomic E-state index is 6.11. The standard InChI is InChI=1S/C11H12BrNOS/c1-6-5-9(15-7(6)2)11(13)8-3-4-10(12)14-8/h3-5,11H,13H2,1-2H3. The summed E-state index contributed by atoms with van der Waals surface area (Å²) in [6.45, 7) is 4.20. The second kappa shape index (κ2) is 4.12. The summed E-state index contributed by atoms with van der Waals surface area (Å²) in [5.74, 6) is 0.795. The lowest BCUT2D eigenvalue weighted by atomic mass is 10.2. The third-order valence-electron chi connectivity index (χ3n) is 2.39. The monoisotopic (exact) mass is 285 g/mol. The summed E-state index contributed by atoms with van der Waals surface area (Å²) in [6, 6.07) is 5.73. The molecule has 0 amide bonds. The number of aryl methyl sites for hydroxylation is 2. The molecule has 2 N–H and O–H groups in total. The molecule has 0 saturated heterocycles. The van der Waals surface area contributed by atoms with Gasteiger partial charge in [0.25, 0.3) is 0 Å². The molecule has 4 heteroatoms. The molecule has 0 fully saturated rings. The summed E-state index contributed by atoms with van der Waals surface area (Å²) in [5.41, 5.74) is 7.40. The lowest BCUT2D eigenvalue weighted by molar-refractivity contribution is 0.472. The third-order valence-corrected chi connectivity index (χ3v) is 4.05. The van der Waals surface area contributed by atoms with Crippen molar-refractivity contribution in [3.05, 3.63) is 43.9 Å². The Morgan fingerprint density at radius 3 is 2.60 bits per heavy atom. The minimum absolute atomic E-state index is 0.159. The normalized spacial score (nSPS) is 13.1. The molecule has 0 saturated carbocycles. The topological polar surface area (TPSA) is 39.2 Å². The predicted octanol–water partition coefficient (Wildman–Crippen LogP) is 3.77. The minimum atomic E-state index is -0.159. The molecule has 2 nitrogen and oxygen atoms in total. The Labute approximate surface area is 101 Å². The smallest absolute Gasteiger partial charge is 0.169 e. The van der Waals surface area contributed by atoms with Crippen molar-refractivity contribution in [3.8, 4) is 0 Å². The first-order valence-corrected chi connectivity index (χ1v) is 6.26. The van der Waals surface area contributed by atoms with Crippen LogP contribution in [0.3, 0.4) is 0 Å². The molecular weight excluding hydrogens is 274 g/mol. The summed E-state index contributed by atoms with van der Waals surface area (Å²) in [6.07, 6.45) is 0. The van der Waals surface area contributed by atoms with Gasteiger partial charge >= 0.3 is 0 Å². The summed E-state index contributed by atoms with van der Waals surface area (Å²) in [7, 11) is 0. The summed E-state index contributed by atoms with van der Waals surface area (Å²) >= 11 is 5.00. The zero-order valence-corrected chi connectivity index (χ0v) is 11.0. The highest BCUT2D eigenvalue weighted by atomic mass is 79.9. The zero-order valence-electron chi connectivity index (χ0n) is 8.58. The van der Waals surface area contributed by atoms with E-state index in [9.17, 15) is 0 Å². The molecule has 2 rings (SSSR count). The van der Waals surface area contributed by atoms with E-state index in [4.69, 9.17) is 10.2 Å². The lowest BCUT2D eigenvalue weighted by Crippen LogP contribution is -2.08. The van der Waals surface area contributed by atoms with Crippen LogP contribution in [0.25, 0.3) is 0 Å². The van der Waals surface area contributed by atoms with Gasteiger partial charge in [0, 0.05) is 9.75 Å². The Morgan fingerprint density at radius 2 is 2.13 bits per heavy atom. The van der Waals surface area contributed by atoms with Gasteiger partial charge in [-0.1, -0.05) is 0 Å². The summed E-state index contributed by atoms with van der Waals surface area (Å²) in [5, 5.41) is 0. The second-order valence-electron chi connectivity index (χ2n) is 3.51. The number of furan rings is 1. The van der Waals surface area contributed by atoms with Crippen molar-refractivity contribution in [3.63, 3.8) is 0 Å². The van der Waals surface area contributed by atoms with Gasteiger partial charge in [-0.05, 0) is 53.5 Å². The molecule has 80 valence electrons. The van der Waals surface area contributed by atoms with Gasteiger partial charge in [-0.3, -0.25) is 0 Å². The van der Waals surface area contributed by atoms with E-state index in [1.165, 1.54) is 10.4 Å². The maximum absolute atomic E-state index is 6.11. The molecule has 2 aromatic heterocycles. The van der Waals surface area contributed by atoms with Crippen LogP contribution in [0, 0.1) is 13.8 Å². The first kappa shape index (κ1) is 10.9. The Morgan fingerprint density at radius 1 is 1.40 bits per heavy atom. The van der Waals surface area contributed by atoms with Gasteiger partial charge in [-0.25, -0.2) is 0 Å². The van der Waals surface area contributed by atoms with Crippen LogP contribution in [0.15, 0.2) is 27.3 Å². The molecule has 0 aliphatic carbocycles. The van der Waals surface area contributed by atoms with Crippen LogP contribution < -0.4 is 5.73 Å². The number of hydrogen-bond acceptors (Lipinski definition) is 3. The average molecular weight is 286 g/mol. The number of halogens is 1. The average Bonchev–Trinajstić information content (AvgIpc) is 2.74. The van der Waals surface area contributed by atoms with Gasteiger partial charge in [0.2, 0.25) is 0 Å². The molecule has 15 heavy (non-hydrogen) atoms. The fourth-order valence-electron chi connectivity index (χ4n) is 1.39.